The molecule has 2 rings (SSSR count). The summed E-state index contributed by atoms with van der Waals surface area (Å²) in [5.74, 6) is 1.62. The zero-order chi connectivity index (χ0) is 12.3. The van der Waals surface area contributed by atoms with Gasteiger partial charge in [-0.05, 0) is 44.2 Å². The van der Waals surface area contributed by atoms with E-state index in [4.69, 9.17) is 0 Å². The van der Waals surface area contributed by atoms with Crippen molar-refractivity contribution in [3.05, 3.63) is 0 Å². The first-order chi connectivity index (χ1) is 8.10. The first-order valence-electron chi connectivity index (χ1n) is 7.09. The average Bonchev–Trinajstić information content (AvgIpc) is 3.14. The van der Waals surface area contributed by atoms with Crippen LogP contribution in [0, 0.1) is 17.3 Å². The van der Waals surface area contributed by atoms with Gasteiger partial charge in [-0.2, -0.15) is 0 Å². The van der Waals surface area contributed by atoms with Crippen molar-refractivity contribution < 1.29 is 4.79 Å². The highest BCUT2D eigenvalue weighted by molar-refractivity contribution is 5.82. The van der Waals surface area contributed by atoms with Crippen molar-refractivity contribution in [3.8, 4) is 0 Å². The van der Waals surface area contributed by atoms with Gasteiger partial charge in [0.05, 0.1) is 0 Å². The Balaban J connectivity index is 1.77. The van der Waals surface area contributed by atoms with E-state index in [-0.39, 0.29) is 11.3 Å². The second kappa shape index (κ2) is 5.38. The lowest BCUT2D eigenvalue weighted by molar-refractivity contribution is -0.132. The Morgan fingerprint density at radius 1 is 1.35 bits per heavy atom. The molecule has 17 heavy (non-hydrogen) atoms. The zero-order valence-corrected chi connectivity index (χ0v) is 11.2. The summed E-state index contributed by atoms with van der Waals surface area (Å²) in [7, 11) is 0. The Labute approximate surface area is 105 Å². The lowest BCUT2D eigenvalue weighted by atomic mass is 9.74. The second-order valence-electron chi connectivity index (χ2n) is 6.25. The lowest BCUT2D eigenvalue weighted by Crippen LogP contribution is -2.47. The fourth-order valence-corrected chi connectivity index (χ4v) is 2.68. The minimum Gasteiger partial charge on any atom is -0.356 e. The molecular formula is C14H26N2O. The van der Waals surface area contributed by atoms with E-state index in [1.54, 1.807) is 0 Å². The molecule has 2 fully saturated rings. The van der Waals surface area contributed by atoms with Crippen LogP contribution in [0.1, 0.15) is 46.0 Å². The molecule has 3 nitrogen and oxygen atoms in total. The summed E-state index contributed by atoms with van der Waals surface area (Å²) in [6.07, 6.45) is 6.28. The highest BCUT2D eigenvalue weighted by atomic mass is 16.2. The number of carbonyl (C=O) groups excluding carboxylic acids is 1. The highest BCUT2D eigenvalue weighted by Crippen LogP contribution is 2.33. The van der Waals surface area contributed by atoms with Crippen LogP contribution < -0.4 is 10.6 Å². The van der Waals surface area contributed by atoms with Crippen molar-refractivity contribution >= 4 is 5.91 Å². The van der Waals surface area contributed by atoms with Crippen LogP contribution in [0.4, 0.5) is 0 Å². The van der Waals surface area contributed by atoms with Gasteiger partial charge in [-0.3, -0.25) is 4.79 Å². The van der Waals surface area contributed by atoms with Crippen molar-refractivity contribution in [2.75, 3.05) is 19.6 Å². The van der Waals surface area contributed by atoms with E-state index in [9.17, 15) is 4.79 Å². The molecule has 1 aliphatic carbocycles. The third kappa shape index (κ3) is 3.44. The van der Waals surface area contributed by atoms with Gasteiger partial charge in [0, 0.05) is 12.0 Å². The van der Waals surface area contributed by atoms with Gasteiger partial charge in [0.1, 0.15) is 0 Å². The molecule has 0 aromatic rings. The highest BCUT2D eigenvalue weighted by Gasteiger charge is 2.37. The molecule has 1 heterocycles. The van der Waals surface area contributed by atoms with Crippen LogP contribution in [0.2, 0.25) is 0 Å². The van der Waals surface area contributed by atoms with Crippen LogP contribution in [0.15, 0.2) is 0 Å². The molecule has 0 bridgehead atoms. The van der Waals surface area contributed by atoms with E-state index in [0.29, 0.717) is 5.92 Å². The third-order valence-electron chi connectivity index (χ3n) is 4.44. The summed E-state index contributed by atoms with van der Waals surface area (Å²) in [5.41, 5.74) is -0.225. The average molecular weight is 238 g/mol. The maximum absolute atomic E-state index is 12.2. The van der Waals surface area contributed by atoms with E-state index in [2.05, 4.69) is 24.5 Å². The first kappa shape index (κ1) is 12.9. The van der Waals surface area contributed by atoms with Gasteiger partial charge in [0.2, 0.25) is 5.91 Å². The maximum Gasteiger partial charge on any atom is 0.225 e. The second-order valence-corrected chi connectivity index (χ2v) is 6.25. The fourth-order valence-electron chi connectivity index (χ4n) is 2.68. The Morgan fingerprint density at radius 3 is 2.71 bits per heavy atom. The van der Waals surface area contributed by atoms with Crippen molar-refractivity contribution in [3.63, 3.8) is 0 Å². The normalized spacial score (nSPS) is 25.6. The van der Waals surface area contributed by atoms with Crippen molar-refractivity contribution in [2.24, 2.45) is 17.3 Å². The van der Waals surface area contributed by atoms with Gasteiger partial charge in [-0.15, -0.1) is 0 Å². The van der Waals surface area contributed by atoms with Gasteiger partial charge in [0.15, 0.2) is 0 Å². The van der Waals surface area contributed by atoms with Crippen LogP contribution in [-0.2, 0) is 4.79 Å². The Morgan fingerprint density at radius 2 is 2.12 bits per heavy atom. The van der Waals surface area contributed by atoms with Crippen LogP contribution in [0.3, 0.4) is 0 Å². The minimum atomic E-state index is -0.225. The summed E-state index contributed by atoms with van der Waals surface area (Å²) in [6, 6.07) is 0. The molecular weight excluding hydrogens is 212 g/mol. The van der Waals surface area contributed by atoms with Crippen molar-refractivity contribution in [2.45, 2.75) is 46.0 Å². The minimum absolute atomic E-state index is 0.225. The Hall–Kier alpha value is -0.570. The third-order valence-corrected chi connectivity index (χ3v) is 4.44. The number of piperidine rings is 1. The smallest absolute Gasteiger partial charge is 0.225 e. The molecule has 1 aliphatic heterocycles. The lowest BCUT2D eigenvalue weighted by Gasteiger charge is -2.36. The molecule has 1 atom stereocenters. The molecule has 0 spiro atoms. The molecule has 0 aromatic heterocycles. The predicted molar refractivity (Wildman–Crippen MR) is 69.7 cm³/mol. The molecule has 0 aromatic carbocycles. The summed E-state index contributed by atoms with van der Waals surface area (Å²) >= 11 is 0. The molecule has 2 N–H and O–H groups in total. The maximum atomic E-state index is 12.2. The summed E-state index contributed by atoms with van der Waals surface area (Å²) in [4.78, 5) is 12.2. The summed E-state index contributed by atoms with van der Waals surface area (Å²) < 4.78 is 0. The van der Waals surface area contributed by atoms with Gasteiger partial charge in [0.25, 0.3) is 0 Å². The molecule has 98 valence electrons. The summed E-state index contributed by atoms with van der Waals surface area (Å²) in [6.45, 7) is 7.15. The Kier molecular flexibility index (Phi) is 4.08. The van der Waals surface area contributed by atoms with Crippen LogP contribution in [0.5, 0.6) is 0 Å². The predicted octanol–water partition coefficient (Wildman–Crippen LogP) is 1.93. The number of carbonyl (C=O) groups is 1. The van der Waals surface area contributed by atoms with Crippen LogP contribution in [0.25, 0.3) is 0 Å². The van der Waals surface area contributed by atoms with Gasteiger partial charge in [-0.25, -0.2) is 0 Å². The SMILES string of the molecule is CC(C)(C(=O)NCCC1CC1)C1CCCNC1. The molecule has 1 saturated heterocycles. The monoisotopic (exact) mass is 238 g/mol. The van der Waals surface area contributed by atoms with E-state index < -0.39 is 0 Å². The van der Waals surface area contributed by atoms with Gasteiger partial charge >= 0.3 is 0 Å². The molecule has 0 radical (unpaired) electrons. The number of amides is 1. The number of hydrogen-bond acceptors (Lipinski definition) is 2. The number of rotatable bonds is 5. The number of nitrogens with one attached hydrogen (secondary N) is 2. The fraction of sp³-hybridized carbons (Fsp3) is 0.929. The standard InChI is InChI=1S/C14H26N2O/c1-14(2,12-4-3-8-15-10-12)13(17)16-9-7-11-5-6-11/h11-12,15H,3-10H2,1-2H3,(H,16,17). The topological polar surface area (TPSA) is 41.1 Å². The van der Waals surface area contributed by atoms with Crippen molar-refractivity contribution in [1.29, 1.82) is 0 Å². The van der Waals surface area contributed by atoms with Gasteiger partial charge in [-0.1, -0.05) is 26.7 Å². The quantitative estimate of drug-likeness (QED) is 0.768. The summed E-state index contributed by atoms with van der Waals surface area (Å²) in [5, 5.41) is 6.52. The Bertz CT molecular complexity index is 265. The molecule has 1 unspecified atom stereocenters. The zero-order valence-electron chi connectivity index (χ0n) is 11.2. The van der Waals surface area contributed by atoms with Crippen LogP contribution >= 0.6 is 0 Å². The van der Waals surface area contributed by atoms with Crippen molar-refractivity contribution in [1.82, 2.24) is 10.6 Å². The number of hydrogen-bond donors (Lipinski definition) is 2. The molecule has 2 aliphatic rings. The van der Waals surface area contributed by atoms with E-state index >= 15 is 0 Å². The van der Waals surface area contributed by atoms with E-state index in [1.165, 1.54) is 32.1 Å². The molecule has 3 heteroatoms. The van der Waals surface area contributed by atoms with Gasteiger partial charge < -0.3 is 10.6 Å². The largest absolute Gasteiger partial charge is 0.356 e. The van der Waals surface area contributed by atoms with Crippen LogP contribution in [-0.4, -0.2) is 25.5 Å². The van der Waals surface area contributed by atoms with E-state index in [0.717, 1.165) is 25.6 Å². The van der Waals surface area contributed by atoms with E-state index in [1.807, 2.05) is 0 Å². The first-order valence-corrected chi connectivity index (χ1v) is 7.09. The molecule has 1 amide bonds. The molecule has 1 saturated carbocycles.